The van der Waals surface area contributed by atoms with E-state index in [9.17, 15) is 19.7 Å². The van der Waals surface area contributed by atoms with Crippen molar-refractivity contribution in [3.63, 3.8) is 0 Å². The van der Waals surface area contributed by atoms with Crippen LogP contribution in [0.25, 0.3) is 0 Å². The quantitative estimate of drug-likeness (QED) is 0.269. The molecule has 2 N–H and O–H groups in total. The van der Waals surface area contributed by atoms with Crippen molar-refractivity contribution < 1.29 is 24.0 Å². The van der Waals surface area contributed by atoms with E-state index in [0.717, 1.165) is 5.56 Å². The number of hydrogen-bond acceptors (Lipinski definition) is 6. The van der Waals surface area contributed by atoms with Gasteiger partial charge in [-0.15, -0.1) is 0 Å². The summed E-state index contributed by atoms with van der Waals surface area (Å²) < 4.78 is 10.9. The molecule has 0 heterocycles. The van der Waals surface area contributed by atoms with E-state index >= 15 is 0 Å². The lowest BCUT2D eigenvalue weighted by molar-refractivity contribution is -0.384. The molecule has 0 bridgehead atoms. The van der Waals surface area contributed by atoms with Gasteiger partial charge in [0.2, 0.25) is 0 Å². The lowest BCUT2D eigenvalue weighted by atomic mass is 10.1. The Bertz CT molecular complexity index is 1170. The van der Waals surface area contributed by atoms with Crippen LogP contribution in [0.5, 0.6) is 11.5 Å². The van der Waals surface area contributed by atoms with Gasteiger partial charge in [0.15, 0.2) is 11.5 Å². The average Bonchev–Trinajstić information content (AvgIpc) is 2.85. The highest BCUT2D eigenvalue weighted by atomic mass is 16.6. The molecule has 0 aliphatic rings. The predicted octanol–water partition coefficient (Wildman–Crippen LogP) is 3.73. The maximum absolute atomic E-state index is 12.9. The third-order valence-corrected chi connectivity index (χ3v) is 4.93. The molecule has 9 heteroatoms. The number of carbonyl (C=O) groups is 2. The number of carbonyl (C=O) groups excluding carboxylic acids is 2. The maximum Gasteiger partial charge on any atom is 0.270 e. The van der Waals surface area contributed by atoms with Crippen molar-refractivity contribution >= 4 is 17.5 Å². The van der Waals surface area contributed by atoms with Crippen molar-refractivity contribution in [2.75, 3.05) is 13.7 Å². The largest absolute Gasteiger partial charge is 0.493 e. The molecule has 3 aromatic carbocycles. The number of methoxy groups -OCH3 is 1. The van der Waals surface area contributed by atoms with Crippen LogP contribution in [0.4, 0.5) is 5.69 Å². The van der Waals surface area contributed by atoms with Crippen LogP contribution in [0, 0.1) is 10.1 Å². The van der Waals surface area contributed by atoms with E-state index in [-0.39, 0.29) is 23.6 Å². The monoisotopic (exact) mass is 463 g/mol. The second-order valence-electron chi connectivity index (χ2n) is 7.30. The van der Waals surface area contributed by atoms with Gasteiger partial charge in [-0.3, -0.25) is 19.7 Å². The summed E-state index contributed by atoms with van der Waals surface area (Å²) in [5.41, 5.74) is 1.12. The minimum Gasteiger partial charge on any atom is -0.493 e. The highest BCUT2D eigenvalue weighted by molar-refractivity contribution is 5.97. The van der Waals surface area contributed by atoms with E-state index < -0.39 is 17.0 Å². The Morgan fingerprint density at radius 1 is 0.912 bits per heavy atom. The molecule has 176 valence electrons. The zero-order chi connectivity index (χ0) is 24.5. The summed E-state index contributed by atoms with van der Waals surface area (Å²) in [6.45, 7) is 2.34. The molecular formula is C25H25N3O6. The van der Waals surface area contributed by atoms with E-state index in [1.165, 1.54) is 31.4 Å². The van der Waals surface area contributed by atoms with Crippen LogP contribution in [0.2, 0.25) is 0 Å². The molecule has 3 aromatic rings. The molecule has 0 aliphatic heterocycles. The summed E-state index contributed by atoms with van der Waals surface area (Å²) in [4.78, 5) is 36.1. The topological polar surface area (TPSA) is 120 Å². The number of rotatable bonds is 10. The average molecular weight is 463 g/mol. The van der Waals surface area contributed by atoms with Gasteiger partial charge in [0, 0.05) is 29.7 Å². The number of nitro benzene ring substituents is 1. The fourth-order valence-electron chi connectivity index (χ4n) is 3.32. The molecule has 0 saturated carbocycles. The van der Waals surface area contributed by atoms with Crippen molar-refractivity contribution in [1.82, 2.24) is 10.6 Å². The van der Waals surface area contributed by atoms with Crippen molar-refractivity contribution in [2.45, 2.75) is 19.5 Å². The second kappa shape index (κ2) is 11.5. The van der Waals surface area contributed by atoms with Gasteiger partial charge < -0.3 is 20.1 Å². The minimum absolute atomic E-state index is 0.109. The minimum atomic E-state index is -0.804. The predicted molar refractivity (Wildman–Crippen MR) is 126 cm³/mol. The maximum atomic E-state index is 12.9. The fraction of sp³-hybridized carbons (Fsp3) is 0.200. The first kappa shape index (κ1) is 24.2. The Hall–Kier alpha value is -4.40. The summed E-state index contributed by atoms with van der Waals surface area (Å²) in [5, 5.41) is 16.7. The van der Waals surface area contributed by atoms with Gasteiger partial charge in [-0.2, -0.15) is 0 Å². The number of amides is 2. The Morgan fingerprint density at radius 3 is 2.24 bits per heavy atom. The molecule has 0 aliphatic carbocycles. The van der Waals surface area contributed by atoms with Crippen LogP contribution < -0.4 is 20.1 Å². The zero-order valence-corrected chi connectivity index (χ0v) is 18.8. The summed E-state index contributed by atoms with van der Waals surface area (Å²) >= 11 is 0. The zero-order valence-electron chi connectivity index (χ0n) is 18.8. The Morgan fingerprint density at radius 2 is 1.59 bits per heavy atom. The lowest BCUT2D eigenvalue weighted by Gasteiger charge is -2.21. The van der Waals surface area contributed by atoms with E-state index in [4.69, 9.17) is 9.47 Å². The fourth-order valence-corrected chi connectivity index (χ4v) is 3.32. The Labute approximate surface area is 196 Å². The number of benzene rings is 3. The molecule has 0 spiro atoms. The molecule has 0 fully saturated rings. The molecule has 0 radical (unpaired) electrons. The molecule has 34 heavy (non-hydrogen) atoms. The molecule has 1 atom stereocenters. The smallest absolute Gasteiger partial charge is 0.270 e. The van der Waals surface area contributed by atoms with Gasteiger partial charge in [0.05, 0.1) is 18.6 Å². The SMILES string of the molecule is CCOc1ccc(CC(NC(=O)c2ccccc2)NC(=O)c2cccc([N+](=O)[O-])c2)cc1OC. The van der Waals surface area contributed by atoms with E-state index in [2.05, 4.69) is 10.6 Å². The van der Waals surface area contributed by atoms with Crippen LogP contribution in [0.1, 0.15) is 33.2 Å². The van der Waals surface area contributed by atoms with E-state index in [0.29, 0.717) is 23.7 Å². The molecule has 2 amide bonds. The first-order chi connectivity index (χ1) is 16.4. The first-order valence-corrected chi connectivity index (χ1v) is 10.6. The van der Waals surface area contributed by atoms with Gasteiger partial charge in [-0.1, -0.05) is 30.3 Å². The van der Waals surface area contributed by atoms with Crippen molar-refractivity contribution in [2.24, 2.45) is 0 Å². The molecule has 1 unspecified atom stereocenters. The third-order valence-electron chi connectivity index (χ3n) is 4.93. The molecule has 3 rings (SSSR count). The molecular weight excluding hydrogens is 438 g/mol. The highest BCUT2D eigenvalue weighted by Gasteiger charge is 2.20. The molecule has 9 nitrogen and oxygen atoms in total. The second-order valence-corrected chi connectivity index (χ2v) is 7.30. The normalized spacial score (nSPS) is 11.2. The summed E-state index contributed by atoms with van der Waals surface area (Å²) in [7, 11) is 1.53. The van der Waals surface area contributed by atoms with Gasteiger partial charge in [0.1, 0.15) is 6.17 Å². The molecule has 0 saturated heterocycles. The van der Waals surface area contributed by atoms with Crippen LogP contribution in [-0.4, -0.2) is 36.6 Å². The standard InChI is InChI=1S/C25H25N3O6/c1-3-34-21-13-12-17(14-22(21)33-2)15-23(26-24(29)18-8-5-4-6-9-18)27-25(30)19-10-7-11-20(16-19)28(31)32/h4-14,16,23H,3,15H2,1-2H3,(H,26,29)(H,27,30). The number of hydrogen-bond donors (Lipinski definition) is 2. The van der Waals surface area contributed by atoms with Crippen molar-refractivity contribution in [3.8, 4) is 11.5 Å². The van der Waals surface area contributed by atoms with Gasteiger partial charge in [-0.05, 0) is 42.8 Å². The number of non-ortho nitro benzene ring substituents is 1. The summed E-state index contributed by atoms with van der Waals surface area (Å²) in [6, 6.07) is 19.3. The number of nitro groups is 1. The number of nitrogens with one attached hydrogen (secondary N) is 2. The lowest BCUT2D eigenvalue weighted by Crippen LogP contribution is -2.49. The van der Waals surface area contributed by atoms with Gasteiger partial charge >= 0.3 is 0 Å². The third kappa shape index (κ3) is 6.32. The van der Waals surface area contributed by atoms with Crippen molar-refractivity contribution in [1.29, 1.82) is 0 Å². The number of ether oxygens (including phenoxy) is 2. The summed E-state index contributed by atoms with van der Waals surface area (Å²) in [6.07, 6.45) is -0.565. The van der Waals surface area contributed by atoms with Crippen LogP contribution >= 0.6 is 0 Å². The van der Waals surface area contributed by atoms with Gasteiger partial charge in [-0.25, -0.2) is 0 Å². The van der Waals surface area contributed by atoms with E-state index in [1.54, 1.807) is 42.5 Å². The van der Waals surface area contributed by atoms with Crippen LogP contribution in [0.3, 0.4) is 0 Å². The summed E-state index contributed by atoms with van der Waals surface area (Å²) in [5.74, 6) is 0.180. The number of nitrogens with zero attached hydrogens (tertiary/aromatic N) is 1. The van der Waals surface area contributed by atoms with Crippen molar-refractivity contribution in [3.05, 3.63) is 99.6 Å². The first-order valence-electron chi connectivity index (χ1n) is 10.6. The van der Waals surface area contributed by atoms with Crippen LogP contribution in [-0.2, 0) is 6.42 Å². The molecule has 0 aromatic heterocycles. The van der Waals surface area contributed by atoms with Crippen LogP contribution in [0.15, 0.2) is 72.8 Å². The Balaban J connectivity index is 1.84. The highest BCUT2D eigenvalue weighted by Crippen LogP contribution is 2.28. The Kier molecular flexibility index (Phi) is 8.17. The van der Waals surface area contributed by atoms with Gasteiger partial charge in [0.25, 0.3) is 17.5 Å². The van der Waals surface area contributed by atoms with E-state index in [1.807, 2.05) is 13.0 Å².